The van der Waals surface area contributed by atoms with Crippen LogP contribution in [-0.2, 0) is 45.3 Å². The molecule has 2 aromatic heterocycles. The first-order valence-electron chi connectivity index (χ1n) is 15.1. The van der Waals surface area contributed by atoms with Crippen molar-refractivity contribution in [2.24, 2.45) is 18.9 Å². The molecule has 0 amide bonds. The molecule has 2 heterocycles. The zero-order chi connectivity index (χ0) is 30.9. The van der Waals surface area contributed by atoms with Gasteiger partial charge in [0.15, 0.2) is 6.04 Å². The maximum Gasteiger partial charge on any atom is 0.416 e. The van der Waals surface area contributed by atoms with Crippen LogP contribution in [-0.4, -0.2) is 25.3 Å². The Bertz CT molecular complexity index is 1360. The topological polar surface area (TPSA) is 63.6 Å². The van der Waals surface area contributed by atoms with Gasteiger partial charge in [0.25, 0.3) is 5.95 Å². The maximum absolute atomic E-state index is 13.6. The van der Waals surface area contributed by atoms with Crippen LogP contribution in [0.5, 0.6) is 0 Å². The number of benzene rings is 1. The molecule has 0 bridgehead atoms. The Morgan fingerprint density at radius 3 is 2.00 bits per heavy atom. The molecule has 3 aliphatic carbocycles. The molecule has 0 spiro atoms. The van der Waals surface area contributed by atoms with Gasteiger partial charge in [0.2, 0.25) is 5.69 Å². The van der Waals surface area contributed by atoms with E-state index in [2.05, 4.69) is 26.2 Å². The Kier molecular flexibility index (Phi) is 8.99. The van der Waals surface area contributed by atoms with E-state index in [1.54, 1.807) is 11.9 Å². The van der Waals surface area contributed by atoms with Crippen molar-refractivity contribution in [1.82, 2.24) is 25.3 Å². The number of nitrogens with zero attached hydrogens (tertiary/aromatic N) is 7. The van der Waals surface area contributed by atoms with E-state index in [9.17, 15) is 26.3 Å². The molecule has 3 aromatic rings. The third-order valence-electron chi connectivity index (χ3n) is 8.20. The van der Waals surface area contributed by atoms with Crippen molar-refractivity contribution in [1.29, 1.82) is 0 Å². The monoisotopic (exact) mass is 610 g/mol. The molecule has 6 rings (SSSR count). The highest BCUT2D eigenvalue weighted by Gasteiger charge is 2.40. The molecule has 3 aliphatic rings. The summed E-state index contributed by atoms with van der Waals surface area (Å²) in [7, 11) is 1.55. The Morgan fingerprint density at radius 2 is 1.49 bits per heavy atom. The van der Waals surface area contributed by atoms with Gasteiger partial charge < -0.3 is 4.90 Å². The molecule has 0 unspecified atom stereocenters. The highest BCUT2D eigenvalue weighted by atomic mass is 19.4. The zero-order valence-corrected chi connectivity index (χ0v) is 24.7. The van der Waals surface area contributed by atoms with Crippen LogP contribution in [0.1, 0.15) is 98.5 Å². The Hall–Kier alpha value is -3.25. The van der Waals surface area contributed by atoms with Crippen molar-refractivity contribution in [2.45, 2.75) is 103 Å². The second-order valence-corrected chi connectivity index (χ2v) is 11.8. The van der Waals surface area contributed by atoms with Crippen LogP contribution < -0.4 is 9.58 Å². The van der Waals surface area contributed by atoms with Crippen molar-refractivity contribution >= 4 is 5.95 Å². The molecule has 2 fully saturated rings. The van der Waals surface area contributed by atoms with Gasteiger partial charge in [-0.1, -0.05) is 23.6 Å². The van der Waals surface area contributed by atoms with Crippen LogP contribution >= 0.6 is 0 Å². The number of aryl methyl sites for hydroxylation is 3. The molecule has 43 heavy (non-hydrogen) atoms. The molecule has 1 aromatic carbocycles. The average Bonchev–Trinajstić information content (AvgIpc) is 3.86. The fourth-order valence-corrected chi connectivity index (χ4v) is 5.81. The van der Waals surface area contributed by atoms with E-state index in [0.29, 0.717) is 11.8 Å². The number of hydrogen-bond donors (Lipinski definition) is 0. The number of rotatable bonds is 10. The third-order valence-corrected chi connectivity index (χ3v) is 8.20. The number of alkyl halides is 6. The molecule has 2 saturated carbocycles. The van der Waals surface area contributed by atoms with Crippen molar-refractivity contribution < 1.29 is 31.0 Å². The number of aromatic nitrogens is 6. The van der Waals surface area contributed by atoms with Crippen LogP contribution in [0.25, 0.3) is 0 Å². The smallest absolute Gasteiger partial charge is 0.323 e. The SMILES string of the molecule is CC.Cn1nnc(N(Cc2cc(C(F)(F)F)cc(C(F)(F)F)c2)Cc2cc3c(n[n+]2C(CC2CC2)CC2CC2)CCC3)n1. The minimum Gasteiger partial charge on any atom is -0.323 e. The highest BCUT2D eigenvalue weighted by molar-refractivity contribution is 5.38. The lowest BCUT2D eigenvalue weighted by atomic mass is 10.0. The van der Waals surface area contributed by atoms with E-state index in [1.807, 2.05) is 13.8 Å². The fraction of sp³-hybridized carbons (Fsp3) is 0.633. The summed E-state index contributed by atoms with van der Waals surface area (Å²) in [6.07, 6.45) is -0.228. The van der Waals surface area contributed by atoms with Gasteiger partial charge in [0, 0.05) is 25.5 Å². The van der Waals surface area contributed by atoms with E-state index in [4.69, 9.17) is 5.10 Å². The highest BCUT2D eigenvalue weighted by Crippen LogP contribution is 2.42. The summed E-state index contributed by atoms with van der Waals surface area (Å²) in [5, 5.41) is 17.3. The van der Waals surface area contributed by atoms with Gasteiger partial charge in [-0.25, -0.2) is 0 Å². The first kappa shape index (κ1) is 31.2. The molecule has 7 nitrogen and oxygen atoms in total. The predicted octanol–water partition coefficient (Wildman–Crippen LogP) is 6.79. The quantitative estimate of drug-likeness (QED) is 0.187. The third kappa shape index (κ3) is 7.83. The minimum atomic E-state index is -4.93. The summed E-state index contributed by atoms with van der Waals surface area (Å²) in [5.74, 6) is 1.45. The van der Waals surface area contributed by atoms with Gasteiger partial charge in [-0.3, -0.25) is 0 Å². The first-order chi connectivity index (χ1) is 20.4. The van der Waals surface area contributed by atoms with Crippen LogP contribution in [0.15, 0.2) is 24.3 Å². The second kappa shape index (κ2) is 12.4. The average molecular weight is 611 g/mol. The number of halogens is 6. The molecule has 0 N–H and O–H groups in total. The lowest BCUT2D eigenvalue weighted by Crippen LogP contribution is -2.50. The lowest BCUT2D eigenvalue weighted by Gasteiger charge is -2.22. The van der Waals surface area contributed by atoms with E-state index >= 15 is 0 Å². The van der Waals surface area contributed by atoms with Gasteiger partial charge in [0.05, 0.1) is 18.2 Å². The minimum absolute atomic E-state index is 0.117. The summed E-state index contributed by atoms with van der Waals surface area (Å²) in [6, 6.07) is 3.97. The number of hydrogen-bond acceptors (Lipinski definition) is 5. The molecule has 13 heteroatoms. The molecule has 0 saturated heterocycles. The fourth-order valence-electron chi connectivity index (χ4n) is 5.81. The van der Waals surface area contributed by atoms with E-state index in [0.717, 1.165) is 61.2 Å². The largest absolute Gasteiger partial charge is 0.416 e. The molecular formula is C30H38F6N7+. The van der Waals surface area contributed by atoms with Crippen LogP contribution in [0, 0.1) is 11.8 Å². The van der Waals surface area contributed by atoms with Crippen molar-refractivity contribution in [3.8, 4) is 0 Å². The van der Waals surface area contributed by atoms with Gasteiger partial charge in [-0.05, 0) is 96.4 Å². The molecule has 0 aliphatic heterocycles. The summed E-state index contributed by atoms with van der Waals surface area (Å²) in [6.45, 7) is 3.89. The zero-order valence-electron chi connectivity index (χ0n) is 24.7. The van der Waals surface area contributed by atoms with E-state index in [1.165, 1.54) is 30.5 Å². The maximum atomic E-state index is 13.6. The Balaban J connectivity index is 0.00000180. The number of fused-ring (bicyclic) bond motifs is 1. The summed E-state index contributed by atoms with van der Waals surface area (Å²) >= 11 is 0. The van der Waals surface area contributed by atoms with Crippen LogP contribution in [0.3, 0.4) is 0 Å². The molecular weight excluding hydrogens is 572 g/mol. The normalized spacial score (nSPS) is 16.7. The van der Waals surface area contributed by atoms with Crippen LogP contribution in [0.4, 0.5) is 32.3 Å². The standard InChI is InChI=1S/C28H32F6N7.C2H6/c1-39-37-26(35-38-39)40(15-19-9-21(27(29,30)31)14-22(10-19)28(32,33)34)16-24-13-20-3-2-4-25(20)36-41(24)23(11-17-5-6-17)12-18-7-8-18;1-2/h9-10,13-14,17-18,23H,2-8,11-12,15-16H2,1H3;1-2H3/q+1;. The van der Waals surface area contributed by atoms with E-state index < -0.39 is 23.5 Å². The Morgan fingerprint density at radius 1 is 0.884 bits per heavy atom. The number of anilines is 1. The first-order valence-corrected chi connectivity index (χ1v) is 15.1. The summed E-state index contributed by atoms with van der Waals surface area (Å²) in [5.41, 5.74) is 0.218. The van der Waals surface area contributed by atoms with Crippen molar-refractivity contribution in [2.75, 3.05) is 4.90 Å². The number of tetrazole rings is 1. The molecule has 0 atom stereocenters. The van der Waals surface area contributed by atoms with E-state index in [-0.39, 0.29) is 36.7 Å². The Labute approximate surface area is 247 Å². The second-order valence-electron chi connectivity index (χ2n) is 11.8. The van der Waals surface area contributed by atoms with Crippen LogP contribution in [0.2, 0.25) is 0 Å². The van der Waals surface area contributed by atoms with Crippen molar-refractivity contribution in [3.63, 3.8) is 0 Å². The lowest BCUT2D eigenvalue weighted by molar-refractivity contribution is -0.786. The van der Waals surface area contributed by atoms with Crippen molar-refractivity contribution in [3.05, 3.63) is 57.9 Å². The molecule has 0 radical (unpaired) electrons. The van der Waals surface area contributed by atoms with Gasteiger partial charge in [-0.2, -0.15) is 31.1 Å². The van der Waals surface area contributed by atoms with Gasteiger partial charge in [0.1, 0.15) is 12.2 Å². The summed E-state index contributed by atoms with van der Waals surface area (Å²) in [4.78, 5) is 2.80. The summed E-state index contributed by atoms with van der Waals surface area (Å²) < 4.78 is 83.7. The molecule has 234 valence electrons. The predicted molar refractivity (Wildman–Crippen MR) is 147 cm³/mol. The van der Waals surface area contributed by atoms with Gasteiger partial charge in [-0.15, -0.1) is 5.10 Å². The van der Waals surface area contributed by atoms with Gasteiger partial charge >= 0.3 is 12.4 Å².